The van der Waals surface area contributed by atoms with Gasteiger partial charge in [0.2, 0.25) is 0 Å². The first-order valence-electron chi connectivity index (χ1n) is 15.5. The first-order chi connectivity index (χ1) is 19.3. The molecule has 4 nitrogen and oxygen atoms in total. The van der Waals surface area contributed by atoms with E-state index in [1.165, 1.54) is 41.7 Å². The maximum Gasteiger partial charge on any atom is 0.165 e. The van der Waals surface area contributed by atoms with Gasteiger partial charge in [0.15, 0.2) is 11.5 Å². The number of hydrogen-bond acceptors (Lipinski definition) is 5. The van der Waals surface area contributed by atoms with Crippen molar-refractivity contribution in [1.29, 1.82) is 0 Å². The highest BCUT2D eigenvalue weighted by molar-refractivity contribution is 7.99. The van der Waals surface area contributed by atoms with E-state index in [1.807, 2.05) is 17.8 Å². The number of aliphatic hydroxyl groups is 1. The molecule has 1 unspecified atom stereocenters. The minimum absolute atomic E-state index is 0.131. The lowest BCUT2D eigenvalue weighted by molar-refractivity contribution is -0.271. The minimum atomic E-state index is -0.822. The van der Waals surface area contributed by atoms with Gasteiger partial charge in [0.25, 0.3) is 0 Å². The number of ether oxygens (including phenoxy) is 2. The maximum absolute atomic E-state index is 12.4. The van der Waals surface area contributed by atoms with Crippen molar-refractivity contribution in [2.24, 2.45) is 28.6 Å². The summed E-state index contributed by atoms with van der Waals surface area (Å²) in [7, 11) is 1.79. The van der Waals surface area contributed by atoms with E-state index in [0.717, 1.165) is 42.9 Å². The summed E-state index contributed by atoms with van der Waals surface area (Å²) < 4.78 is 13.6. The van der Waals surface area contributed by atoms with Gasteiger partial charge in [-0.05, 0) is 91.4 Å². The van der Waals surface area contributed by atoms with E-state index >= 15 is 0 Å². The molecule has 5 heteroatoms. The monoisotopic (exact) mass is 558 g/mol. The van der Waals surface area contributed by atoms with Crippen LogP contribution in [0.1, 0.15) is 81.6 Å². The first kappa shape index (κ1) is 25.7. The van der Waals surface area contributed by atoms with Crippen molar-refractivity contribution in [2.75, 3.05) is 12.9 Å². The van der Waals surface area contributed by atoms with Crippen LogP contribution in [0.4, 0.5) is 0 Å². The molecule has 2 aromatic carbocycles. The van der Waals surface area contributed by atoms with Gasteiger partial charge < -0.3 is 19.7 Å². The van der Waals surface area contributed by atoms with E-state index in [0.29, 0.717) is 17.6 Å². The molecule has 1 aliphatic heterocycles. The van der Waals surface area contributed by atoms with Crippen LogP contribution in [0.3, 0.4) is 0 Å². The Labute approximate surface area is 242 Å². The Balaban J connectivity index is 1.29. The molecule has 2 aromatic rings. The largest absolute Gasteiger partial charge is 0.504 e. The van der Waals surface area contributed by atoms with Gasteiger partial charge in [0, 0.05) is 33.8 Å². The van der Waals surface area contributed by atoms with Crippen LogP contribution in [0, 0.1) is 28.6 Å². The van der Waals surface area contributed by atoms with Crippen LogP contribution in [-0.2, 0) is 16.6 Å². The number of benzene rings is 2. The van der Waals surface area contributed by atoms with Gasteiger partial charge in [0.05, 0.1) is 6.10 Å². The summed E-state index contributed by atoms with van der Waals surface area (Å²) in [6, 6.07) is 12.5. The highest BCUT2D eigenvalue weighted by atomic mass is 32.2. The minimum Gasteiger partial charge on any atom is -0.504 e. The zero-order valence-electron chi connectivity index (χ0n) is 24.0. The lowest BCUT2D eigenvalue weighted by atomic mass is 9.30. The van der Waals surface area contributed by atoms with Crippen molar-refractivity contribution in [1.82, 2.24) is 0 Å². The highest BCUT2D eigenvalue weighted by Crippen LogP contribution is 2.80. The predicted octanol–water partition coefficient (Wildman–Crippen LogP) is 7.36. The lowest BCUT2D eigenvalue weighted by Crippen LogP contribution is -2.79. The molecule has 3 fully saturated rings. The summed E-state index contributed by atoms with van der Waals surface area (Å²) in [5, 5.41) is 23.5. The summed E-state index contributed by atoms with van der Waals surface area (Å²) in [5.74, 6) is 4.08. The molecular formula is C35H42O4S. The van der Waals surface area contributed by atoms with Crippen LogP contribution in [0.15, 0.2) is 53.4 Å². The van der Waals surface area contributed by atoms with E-state index < -0.39 is 17.1 Å². The highest BCUT2D eigenvalue weighted by Gasteiger charge is 2.82. The van der Waals surface area contributed by atoms with Crippen molar-refractivity contribution in [3.63, 3.8) is 0 Å². The zero-order valence-corrected chi connectivity index (χ0v) is 24.8. The molecule has 0 radical (unpaired) electrons. The molecule has 8 atom stereocenters. The Morgan fingerprint density at radius 1 is 1.10 bits per heavy atom. The first-order valence-corrected chi connectivity index (χ1v) is 16.5. The standard InChI is InChI=1S/C35H42O4S/c1-4-17-40-25-10-7-22(8-11-25)30(37)32(2)20-33-15-16-35(32,38-3)31-34(33)14-13-23(18-21-5-6-21)26(33)19-24-9-12-27(36)29(39-31)28(24)34/h7-12,15-16,21,23,26,30-31,36-37H,4-6,13-14,17-20H2,1-3H3/t23?,26-,30+,31+,32+,33+,34-,35-/m0/s1. The van der Waals surface area contributed by atoms with Crippen molar-refractivity contribution in [3.05, 3.63) is 65.2 Å². The van der Waals surface area contributed by atoms with E-state index in [-0.39, 0.29) is 22.7 Å². The van der Waals surface area contributed by atoms with Crippen LogP contribution in [0.2, 0.25) is 0 Å². The van der Waals surface area contributed by atoms with Crippen molar-refractivity contribution >= 4 is 11.8 Å². The third-order valence-corrected chi connectivity index (χ3v) is 13.5. The smallest absolute Gasteiger partial charge is 0.165 e. The third kappa shape index (κ3) is 2.97. The molecule has 3 saturated carbocycles. The average molecular weight is 559 g/mol. The second kappa shape index (κ2) is 8.55. The number of hydrogen-bond donors (Lipinski definition) is 2. The lowest BCUT2D eigenvalue weighted by Gasteiger charge is -2.74. The van der Waals surface area contributed by atoms with Gasteiger partial charge in [0.1, 0.15) is 11.7 Å². The predicted molar refractivity (Wildman–Crippen MR) is 158 cm³/mol. The quantitative estimate of drug-likeness (QED) is 0.262. The van der Waals surface area contributed by atoms with Crippen LogP contribution in [0.25, 0.3) is 0 Å². The Morgan fingerprint density at radius 3 is 2.62 bits per heavy atom. The summed E-state index contributed by atoms with van der Waals surface area (Å²) in [4.78, 5) is 1.24. The van der Waals surface area contributed by atoms with E-state index in [9.17, 15) is 10.2 Å². The average Bonchev–Trinajstić information content (AvgIpc) is 3.71. The fraction of sp³-hybridized carbons (Fsp3) is 0.600. The number of rotatable bonds is 8. The van der Waals surface area contributed by atoms with Gasteiger partial charge in [-0.2, -0.15) is 0 Å². The number of aromatic hydroxyl groups is 1. The number of allylic oxidation sites excluding steroid dienone is 1. The topological polar surface area (TPSA) is 58.9 Å². The molecule has 7 aliphatic rings. The Bertz CT molecular complexity index is 1380. The number of phenols is 1. The van der Waals surface area contributed by atoms with Crippen LogP contribution in [-0.4, -0.2) is 34.8 Å². The summed E-state index contributed by atoms with van der Waals surface area (Å²) in [6.07, 6.45) is 13.2. The van der Waals surface area contributed by atoms with E-state index in [4.69, 9.17) is 9.47 Å². The fourth-order valence-electron chi connectivity index (χ4n) is 10.4. The number of aliphatic hydroxyl groups excluding tert-OH is 1. The van der Waals surface area contributed by atoms with Gasteiger partial charge >= 0.3 is 0 Å². The SMILES string of the molecule is CCCSc1ccc([C@@H](O)[C@@]2(C)C[C@@]34C=C[C@]2(OC)[C@@H]2Oc5c(O)ccc6c5[C@@]23CCC(CC2CC2)[C@@H]4C6)cc1. The fourth-order valence-corrected chi connectivity index (χ4v) is 11.2. The molecule has 0 aromatic heterocycles. The number of phenolic OH excluding ortho intramolecular Hbond substituents is 1. The molecule has 4 bridgehead atoms. The Morgan fingerprint density at radius 2 is 1.90 bits per heavy atom. The van der Waals surface area contributed by atoms with Crippen molar-refractivity contribution < 1.29 is 19.7 Å². The number of fused-ring (bicyclic) bond motifs is 1. The maximum atomic E-state index is 12.4. The molecule has 6 aliphatic carbocycles. The molecule has 9 rings (SSSR count). The van der Waals surface area contributed by atoms with Gasteiger partial charge in [-0.1, -0.05) is 57.0 Å². The third-order valence-electron chi connectivity index (χ3n) is 12.3. The van der Waals surface area contributed by atoms with E-state index in [1.54, 1.807) is 7.11 Å². The van der Waals surface area contributed by atoms with E-state index in [2.05, 4.69) is 56.3 Å². The molecule has 212 valence electrons. The van der Waals surface area contributed by atoms with Gasteiger partial charge in [-0.15, -0.1) is 11.8 Å². The number of methoxy groups -OCH3 is 1. The molecule has 2 spiro atoms. The zero-order chi connectivity index (χ0) is 27.5. The van der Waals surface area contributed by atoms with Gasteiger partial charge in [-0.25, -0.2) is 0 Å². The van der Waals surface area contributed by atoms with Crippen LogP contribution >= 0.6 is 11.8 Å². The summed E-state index contributed by atoms with van der Waals surface area (Å²) in [5.41, 5.74) is 1.77. The van der Waals surface area contributed by atoms with Crippen molar-refractivity contribution in [2.45, 2.75) is 93.3 Å². The van der Waals surface area contributed by atoms with Crippen LogP contribution in [0.5, 0.6) is 11.5 Å². The molecule has 0 amide bonds. The van der Waals surface area contributed by atoms with Crippen LogP contribution < -0.4 is 4.74 Å². The molecule has 0 saturated heterocycles. The second-order valence-electron chi connectivity index (χ2n) is 14.0. The Kier molecular flexibility index (Phi) is 5.50. The molecule has 1 heterocycles. The molecule has 2 N–H and O–H groups in total. The second-order valence-corrected chi connectivity index (χ2v) is 15.2. The van der Waals surface area contributed by atoms with Gasteiger partial charge in [-0.3, -0.25) is 0 Å². The normalized spacial score (nSPS) is 40.5. The summed E-state index contributed by atoms with van der Waals surface area (Å²) in [6.45, 7) is 4.45. The summed E-state index contributed by atoms with van der Waals surface area (Å²) >= 11 is 1.87. The number of thioether (sulfide) groups is 1. The van der Waals surface area contributed by atoms with Crippen molar-refractivity contribution in [3.8, 4) is 11.5 Å². The molecular weight excluding hydrogens is 516 g/mol. The Hall–Kier alpha value is -1.95. The molecule has 40 heavy (non-hydrogen) atoms.